The molecule has 0 radical (unpaired) electrons. The molecule has 9 heteroatoms. The minimum Gasteiger partial charge on any atom is -0.507 e. The van der Waals surface area contributed by atoms with E-state index in [0.29, 0.717) is 29.7 Å². The molecule has 0 aliphatic carbocycles. The number of aliphatic hydroxyl groups excluding tert-OH is 2. The molecular formula is C22H26O9. The van der Waals surface area contributed by atoms with Crippen molar-refractivity contribution in [1.29, 1.82) is 0 Å². The van der Waals surface area contributed by atoms with Crippen molar-refractivity contribution < 1.29 is 43.9 Å². The van der Waals surface area contributed by atoms with Crippen molar-refractivity contribution in [1.82, 2.24) is 0 Å². The number of benzene rings is 1. The lowest BCUT2D eigenvalue weighted by Gasteiger charge is -2.51. The lowest BCUT2D eigenvalue weighted by molar-refractivity contribution is -0.298. The van der Waals surface area contributed by atoms with Gasteiger partial charge in [0, 0.05) is 29.9 Å². The summed E-state index contributed by atoms with van der Waals surface area (Å²) in [5.41, 5.74) is 0.000190. The first-order valence-electron chi connectivity index (χ1n) is 10.6. The SMILES string of the molecule is C[C@H](O)[C@H]1OC(=O)c2c1cc1c(c2O)C[C@H](C)C2(C[C@@]3(C[C@@H](O)C(=O)O3)C[C@H](C)O2)O1. The summed E-state index contributed by atoms with van der Waals surface area (Å²) < 4.78 is 23.5. The van der Waals surface area contributed by atoms with E-state index in [4.69, 9.17) is 18.9 Å². The number of hydrogen-bond donors (Lipinski definition) is 3. The molecule has 2 saturated heterocycles. The first-order chi connectivity index (χ1) is 14.5. The molecule has 0 bridgehead atoms. The van der Waals surface area contributed by atoms with Gasteiger partial charge in [-0.1, -0.05) is 6.92 Å². The van der Waals surface area contributed by atoms with Crippen molar-refractivity contribution in [3.8, 4) is 11.5 Å². The number of rotatable bonds is 1. The van der Waals surface area contributed by atoms with Crippen LogP contribution in [0, 0.1) is 5.92 Å². The molecule has 4 aliphatic rings. The fraction of sp³-hybridized carbons (Fsp3) is 0.636. The van der Waals surface area contributed by atoms with E-state index in [2.05, 4.69) is 0 Å². The van der Waals surface area contributed by atoms with Crippen LogP contribution < -0.4 is 4.74 Å². The largest absolute Gasteiger partial charge is 0.507 e. The Morgan fingerprint density at radius 1 is 1.19 bits per heavy atom. The fourth-order valence-corrected chi connectivity index (χ4v) is 5.59. The van der Waals surface area contributed by atoms with Crippen LogP contribution in [0.5, 0.6) is 11.5 Å². The van der Waals surface area contributed by atoms with E-state index < -0.39 is 41.6 Å². The van der Waals surface area contributed by atoms with Gasteiger partial charge in [0.1, 0.15) is 22.7 Å². The number of aromatic hydroxyl groups is 1. The van der Waals surface area contributed by atoms with Gasteiger partial charge in [0.2, 0.25) is 5.79 Å². The monoisotopic (exact) mass is 434 g/mol. The maximum Gasteiger partial charge on any atom is 0.343 e. The first-order valence-corrected chi connectivity index (χ1v) is 10.6. The summed E-state index contributed by atoms with van der Waals surface area (Å²) in [5, 5.41) is 30.9. The highest BCUT2D eigenvalue weighted by Gasteiger charge is 2.60. The first kappa shape index (κ1) is 20.5. The molecule has 4 heterocycles. The number of aliphatic hydroxyl groups is 2. The number of fused-ring (bicyclic) bond motifs is 2. The van der Waals surface area contributed by atoms with E-state index >= 15 is 0 Å². The van der Waals surface area contributed by atoms with Crippen LogP contribution in [0.25, 0.3) is 0 Å². The number of carbonyl (C=O) groups excluding carboxylic acids is 2. The summed E-state index contributed by atoms with van der Waals surface area (Å²) >= 11 is 0. The molecule has 9 nitrogen and oxygen atoms in total. The molecule has 31 heavy (non-hydrogen) atoms. The quantitative estimate of drug-likeness (QED) is 0.563. The number of carbonyl (C=O) groups is 2. The lowest BCUT2D eigenvalue weighted by atomic mass is 9.75. The van der Waals surface area contributed by atoms with E-state index in [1.165, 1.54) is 6.92 Å². The van der Waals surface area contributed by atoms with Crippen LogP contribution in [0.3, 0.4) is 0 Å². The number of phenols is 1. The number of esters is 2. The maximum absolute atomic E-state index is 12.3. The van der Waals surface area contributed by atoms with Gasteiger partial charge < -0.3 is 34.3 Å². The van der Waals surface area contributed by atoms with Gasteiger partial charge in [-0.05, 0) is 26.3 Å². The zero-order valence-corrected chi connectivity index (χ0v) is 17.6. The predicted octanol–water partition coefficient (Wildman–Crippen LogP) is 1.50. The second kappa shape index (κ2) is 6.57. The molecular weight excluding hydrogens is 408 g/mol. The molecule has 168 valence electrons. The van der Waals surface area contributed by atoms with Gasteiger partial charge in [0.25, 0.3) is 0 Å². The Morgan fingerprint density at radius 3 is 2.58 bits per heavy atom. The lowest BCUT2D eigenvalue weighted by Crippen LogP contribution is -2.59. The Hall–Kier alpha value is -2.36. The van der Waals surface area contributed by atoms with E-state index in [1.807, 2.05) is 13.8 Å². The summed E-state index contributed by atoms with van der Waals surface area (Å²) in [4.78, 5) is 24.3. The number of cyclic esters (lactones) is 1. The Kier molecular flexibility index (Phi) is 4.35. The second-order valence-electron chi connectivity index (χ2n) is 9.39. The number of ether oxygens (including phenoxy) is 4. The Bertz CT molecular complexity index is 972. The van der Waals surface area contributed by atoms with Crippen LogP contribution >= 0.6 is 0 Å². The zero-order valence-electron chi connectivity index (χ0n) is 17.6. The van der Waals surface area contributed by atoms with Crippen molar-refractivity contribution in [3.63, 3.8) is 0 Å². The van der Waals surface area contributed by atoms with Crippen LogP contribution in [0.4, 0.5) is 0 Å². The Balaban J connectivity index is 1.56. The van der Waals surface area contributed by atoms with Gasteiger partial charge in [-0.3, -0.25) is 0 Å². The van der Waals surface area contributed by atoms with Gasteiger partial charge in [-0.15, -0.1) is 0 Å². The summed E-state index contributed by atoms with van der Waals surface area (Å²) in [6, 6.07) is 1.62. The Labute approximate surface area is 178 Å². The van der Waals surface area contributed by atoms with Gasteiger partial charge >= 0.3 is 11.9 Å². The molecule has 5 rings (SSSR count). The molecule has 0 saturated carbocycles. The predicted molar refractivity (Wildman–Crippen MR) is 103 cm³/mol. The van der Waals surface area contributed by atoms with Gasteiger partial charge in [0.05, 0.1) is 18.6 Å². The summed E-state index contributed by atoms with van der Waals surface area (Å²) in [5.74, 6) is -2.57. The van der Waals surface area contributed by atoms with E-state index in [0.717, 1.165) is 0 Å². The molecule has 0 aromatic heterocycles. The minimum absolute atomic E-state index is 0.0543. The molecule has 1 aromatic carbocycles. The van der Waals surface area contributed by atoms with E-state index in [-0.39, 0.29) is 36.2 Å². The summed E-state index contributed by atoms with van der Waals surface area (Å²) in [6.07, 6.45) is -2.12. The maximum atomic E-state index is 12.3. The topological polar surface area (TPSA) is 132 Å². The van der Waals surface area contributed by atoms with Crippen molar-refractivity contribution in [2.75, 3.05) is 0 Å². The second-order valence-corrected chi connectivity index (χ2v) is 9.39. The van der Waals surface area contributed by atoms with Gasteiger partial charge in [-0.25, -0.2) is 9.59 Å². The zero-order chi connectivity index (χ0) is 22.3. The van der Waals surface area contributed by atoms with E-state index in [9.17, 15) is 24.9 Å². The van der Waals surface area contributed by atoms with Gasteiger partial charge in [0.15, 0.2) is 12.2 Å². The molecule has 7 atom stereocenters. The van der Waals surface area contributed by atoms with Crippen molar-refractivity contribution in [2.24, 2.45) is 5.92 Å². The van der Waals surface area contributed by atoms with Crippen molar-refractivity contribution in [2.45, 2.75) is 82.3 Å². The van der Waals surface area contributed by atoms with Crippen LogP contribution in [-0.2, 0) is 25.4 Å². The van der Waals surface area contributed by atoms with E-state index in [1.54, 1.807) is 6.07 Å². The molecule has 1 unspecified atom stereocenters. The molecule has 0 amide bonds. The minimum atomic E-state index is -1.17. The molecule has 1 aromatic rings. The van der Waals surface area contributed by atoms with Crippen LogP contribution in [0.2, 0.25) is 0 Å². The summed E-state index contributed by atoms with van der Waals surface area (Å²) in [7, 11) is 0. The highest BCUT2D eigenvalue weighted by Crippen LogP contribution is 2.54. The Morgan fingerprint density at radius 2 is 1.94 bits per heavy atom. The van der Waals surface area contributed by atoms with Crippen LogP contribution in [0.1, 0.15) is 67.6 Å². The third-order valence-corrected chi connectivity index (χ3v) is 6.91. The summed E-state index contributed by atoms with van der Waals surface area (Å²) in [6.45, 7) is 5.28. The fourth-order valence-electron chi connectivity index (χ4n) is 5.59. The molecule has 2 spiro atoms. The molecule has 3 N–H and O–H groups in total. The highest BCUT2D eigenvalue weighted by molar-refractivity contribution is 5.98. The van der Waals surface area contributed by atoms with Crippen LogP contribution in [-0.4, -0.2) is 57.0 Å². The standard InChI is InChI=1S/C22H26O9/c1-9-4-12-15(5-13-16(17(12)25)20(27)28-18(13)11(3)23)30-22(9)8-21(6-10(2)29-22)7-14(24)19(26)31-21/h5,9-11,14,18,23-25H,4,6-8H2,1-3H3/t9-,10-,11-,14+,18+,21-,22?/m0/s1. The third-order valence-electron chi connectivity index (χ3n) is 6.91. The van der Waals surface area contributed by atoms with Crippen molar-refractivity contribution in [3.05, 3.63) is 22.8 Å². The number of hydrogen-bond acceptors (Lipinski definition) is 9. The normalized spacial score (nSPS) is 39.6. The van der Waals surface area contributed by atoms with Crippen molar-refractivity contribution >= 4 is 11.9 Å². The van der Waals surface area contributed by atoms with Crippen LogP contribution in [0.15, 0.2) is 6.07 Å². The average Bonchev–Trinajstić information content (AvgIpc) is 3.12. The average molecular weight is 434 g/mol. The third kappa shape index (κ3) is 2.94. The number of phenolic OH excluding ortho intramolecular Hbond substituents is 1. The molecule has 4 aliphatic heterocycles. The molecule has 2 fully saturated rings. The smallest absolute Gasteiger partial charge is 0.343 e. The highest BCUT2D eigenvalue weighted by atomic mass is 16.7. The van der Waals surface area contributed by atoms with Gasteiger partial charge in [-0.2, -0.15) is 0 Å².